The zero-order valence-electron chi connectivity index (χ0n) is 11.7. The Kier molecular flexibility index (Phi) is 3.50. The van der Waals surface area contributed by atoms with E-state index in [1.54, 1.807) is 24.4 Å². The molecule has 7 heteroatoms. The van der Waals surface area contributed by atoms with Crippen molar-refractivity contribution < 1.29 is 9.90 Å². The van der Waals surface area contributed by atoms with E-state index in [-0.39, 0.29) is 24.7 Å². The average molecular weight is 290 g/mol. The number of aromatic nitrogens is 3. The lowest BCUT2D eigenvalue weighted by Crippen LogP contribution is -2.42. The number of pyridine rings is 1. The average Bonchev–Trinajstić information content (AvgIpc) is 3.03. The Labute approximate surface area is 121 Å². The number of nitrogens with one attached hydrogen (secondary N) is 1. The Morgan fingerprint density at radius 2 is 2.14 bits per heavy atom. The van der Waals surface area contributed by atoms with Crippen molar-refractivity contribution in [1.29, 1.82) is 0 Å². The second-order valence-corrected chi connectivity index (χ2v) is 5.58. The van der Waals surface area contributed by atoms with Crippen molar-refractivity contribution in [3.63, 3.8) is 0 Å². The van der Waals surface area contributed by atoms with Crippen LogP contribution in [0.25, 0.3) is 5.65 Å². The number of amides is 1. The van der Waals surface area contributed by atoms with Crippen molar-refractivity contribution in [2.24, 2.45) is 0 Å². The number of carbonyl (C=O) groups is 1. The Balaban J connectivity index is 1.66. The highest BCUT2D eigenvalue weighted by Crippen LogP contribution is 2.28. The molecule has 1 aliphatic rings. The van der Waals surface area contributed by atoms with Crippen molar-refractivity contribution in [3.8, 4) is 0 Å². The van der Waals surface area contributed by atoms with Gasteiger partial charge in [0.25, 0.3) is 0 Å². The third kappa shape index (κ3) is 2.82. The van der Waals surface area contributed by atoms with Crippen molar-refractivity contribution >= 4 is 11.6 Å². The summed E-state index contributed by atoms with van der Waals surface area (Å²) in [5.41, 5.74) is -0.635. The van der Waals surface area contributed by atoms with Gasteiger partial charge in [0.05, 0.1) is 5.60 Å². The fourth-order valence-corrected chi connectivity index (χ4v) is 2.74. The zero-order valence-corrected chi connectivity index (χ0v) is 11.7. The molecule has 0 unspecified atom stereocenters. The topological polar surface area (TPSA) is 88.6 Å². The Hall–Kier alpha value is -2.15. The molecule has 1 aliphatic carbocycles. The summed E-state index contributed by atoms with van der Waals surface area (Å²) in [7, 11) is 0. The molecular formula is C14H18N4O3. The summed E-state index contributed by atoms with van der Waals surface area (Å²) in [5, 5.41) is 17.0. The van der Waals surface area contributed by atoms with Gasteiger partial charge in [0.1, 0.15) is 6.54 Å². The first kappa shape index (κ1) is 13.8. The largest absolute Gasteiger partial charge is 0.388 e. The van der Waals surface area contributed by atoms with Gasteiger partial charge in [0.15, 0.2) is 5.65 Å². The molecule has 2 heterocycles. The van der Waals surface area contributed by atoms with Gasteiger partial charge in [-0.05, 0) is 25.0 Å². The number of rotatable bonds is 4. The van der Waals surface area contributed by atoms with E-state index in [4.69, 9.17) is 0 Å². The van der Waals surface area contributed by atoms with Crippen LogP contribution < -0.4 is 11.0 Å². The van der Waals surface area contributed by atoms with E-state index in [1.165, 1.54) is 4.40 Å². The summed E-state index contributed by atoms with van der Waals surface area (Å²) >= 11 is 0. The lowest BCUT2D eigenvalue weighted by molar-refractivity contribution is -0.123. The molecule has 112 valence electrons. The predicted molar refractivity (Wildman–Crippen MR) is 75.9 cm³/mol. The number of hydrogen-bond acceptors (Lipinski definition) is 4. The molecule has 7 nitrogen and oxygen atoms in total. The van der Waals surface area contributed by atoms with Gasteiger partial charge in [-0.25, -0.2) is 9.48 Å². The summed E-state index contributed by atoms with van der Waals surface area (Å²) in [6, 6.07) is 5.22. The highest BCUT2D eigenvalue weighted by molar-refractivity contribution is 5.75. The Morgan fingerprint density at radius 1 is 1.38 bits per heavy atom. The highest BCUT2D eigenvalue weighted by atomic mass is 16.3. The number of aliphatic hydroxyl groups is 1. The van der Waals surface area contributed by atoms with Crippen LogP contribution in [0.4, 0.5) is 0 Å². The van der Waals surface area contributed by atoms with Crippen LogP contribution in [0.5, 0.6) is 0 Å². The molecule has 2 aromatic rings. The lowest BCUT2D eigenvalue weighted by atomic mass is 10.0. The third-order valence-electron chi connectivity index (χ3n) is 3.93. The second-order valence-electron chi connectivity index (χ2n) is 5.58. The highest BCUT2D eigenvalue weighted by Gasteiger charge is 2.31. The number of hydrogen-bond donors (Lipinski definition) is 2. The summed E-state index contributed by atoms with van der Waals surface area (Å²) in [4.78, 5) is 23.9. The van der Waals surface area contributed by atoms with Crippen LogP contribution in [-0.4, -0.2) is 37.3 Å². The predicted octanol–water partition coefficient (Wildman–Crippen LogP) is -0.0827. The minimum Gasteiger partial charge on any atom is -0.388 e. The standard InChI is InChI=1S/C14H18N4O3/c19-12(15-10-14(21)6-2-3-7-14)9-18-13(20)17-8-4-1-5-11(17)16-18/h1,4-5,8,21H,2-3,6-7,9-10H2,(H,15,19). The molecule has 1 amide bonds. The Bertz CT molecular complexity index is 712. The van der Waals surface area contributed by atoms with Gasteiger partial charge in [-0.2, -0.15) is 0 Å². The summed E-state index contributed by atoms with van der Waals surface area (Å²) < 4.78 is 2.52. The Morgan fingerprint density at radius 3 is 2.86 bits per heavy atom. The first-order chi connectivity index (χ1) is 10.1. The van der Waals surface area contributed by atoms with Gasteiger partial charge in [0.2, 0.25) is 5.91 Å². The maximum Gasteiger partial charge on any atom is 0.350 e. The minimum atomic E-state index is -0.792. The molecule has 2 aromatic heterocycles. The molecular weight excluding hydrogens is 272 g/mol. The van der Waals surface area contributed by atoms with Crippen LogP contribution in [0.15, 0.2) is 29.2 Å². The quantitative estimate of drug-likeness (QED) is 0.824. The summed E-state index contributed by atoms with van der Waals surface area (Å²) in [6.45, 7) is 0.0878. The van der Waals surface area contributed by atoms with E-state index in [9.17, 15) is 14.7 Å². The van der Waals surface area contributed by atoms with Crippen LogP contribution in [0, 0.1) is 0 Å². The van der Waals surface area contributed by atoms with Crippen molar-refractivity contribution in [1.82, 2.24) is 19.5 Å². The fraction of sp³-hybridized carbons (Fsp3) is 0.500. The van der Waals surface area contributed by atoms with Crippen molar-refractivity contribution in [2.75, 3.05) is 6.54 Å². The smallest absolute Gasteiger partial charge is 0.350 e. The monoisotopic (exact) mass is 290 g/mol. The second kappa shape index (κ2) is 5.33. The van der Waals surface area contributed by atoms with E-state index in [0.717, 1.165) is 17.5 Å². The molecule has 1 saturated carbocycles. The van der Waals surface area contributed by atoms with Crippen LogP contribution >= 0.6 is 0 Å². The number of nitrogens with zero attached hydrogens (tertiary/aromatic N) is 3. The van der Waals surface area contributed by atoms with Crippen LogP contribution in [0.3, 0.4) is 0 Å². The van der Waals surface area contributed by atoms with Crippen molar-refractivity contribution in [2.45, 2.75) is 37.8 Å². The van der Waals surface area contributed by atoms with E-state index in [1.807, 2.05) is 0 Å². The minimum absolute atomic E-state index is 0.142. The maximum absolute atomic E-state index is 12.0. The molecule has 0 bridgehead atoms. The van der Waals surface area contributed by atoms with Gasteiger partial charge in [-0.1, -0.05) is 18.9 Å². The van der Waals surface area contributed by atoms with E-state index >= 15 is 0 Å². The van der Waals surface area contributed by atoms with Crippen LogP contribution in [0.2, 0.25) is 0 Å². The normalized spacial score (nSPS) is 17.2. The molecule has 0 aliphatic heterocycles. The molecule has 3 rings (SSSR count). The molecule has 0 saturated heterocycles. The molecule has 0 atom stereocenters. The first-order valence-electron chi connectivity index (χ1n) is 7.11. The molecule has 1 fully saturated rings. The van der Waals surface area contributed by atoms with E-state index < -0.39 is 5.60 Å². The number of carbonyl (C=O) groups excluding carboxylic acids is 1. The van der Waals surface area contributed by atoms with Gasteiger partial charge in [0, 0.05) is 12.7 Å². The van der Waals surface area contributed by atoms with Crippen molar-refractivity contribution in [3.05, 3.63) is 34.9 Å². The molecule has 0 spiro atoms. The molecule has 21 heavy (non-hydrogen) atoms. The van der Waals surface area contributed by atoms with Crippen LogP contribution in [-0.2, 0) is 11.3 Å². The van der Waals surface area contributed by atoms with E-state index in [2.05, 4.69) is 10.4 Å². The van der Waals surface area contributed by atoms with Gasteiger partial charge in [-0.15, -0.1) is 5.10 Å². The lowest BCUT2D eigenvalue weighted by Gasteiger charge is -2.22. The maximum atomic E-state index is 12.0. The summed E-state index contributed by atoms with van der Waals surface area (Å²) in [6.07, 6.45) is 5.00. The molecule has 2 N–H and O–H groups in total. The summed E-state index contributed by atoms with van der Waals surface area (Å²) in [5.74, 6) is -0.319. The number of fused-ring (bicyclic) bond motifs is 1. The third-order valence-corrected chi connectivity index (χ3v) is 3.93. The van der Waals surface area contributed by atoms with Gasteiger partial charge >= 0.3 is 5.69 Å². The first-order valence-corrected chi connectivity index (χ1v) is 7.11. The van der Waals surface area contributed by atoms with Crippen LogP contribution in [0.1, 0.15) is 25.7 Å². The van der Waals surface area contributed by atoms with E-state index in [0.29, 0.717) is 18.5 Å². The molecule has 0 radical (unpaired) electrons. The van der Waals surface area contributed by atoms with Gasteiger partial charge in [-0.3, -0.25) is 9.20 Å². The molecule has 0 aromatic carbocycles. The van der Waals surface area contributed by atoms with Gasteiger partial charge < -0.3 is 10.4 Å². The SMILES string of the molecule is O=C(Cn1nc2ccccn2c1=O)NCC1(O)CCCC1. The fourth-order valence-electron chi connectivity index (χ4n) is 2.74. The zero-order chi connectivity index (χ0) is 14.9.